The zero-order chi connectivity index (χ0) is 16.3. The number of hydrogen-bond acceptors (Lipinski definition) is 3. The zero-order valence-corrected chi connectivity index (χ0v) is 13.1. The Kier molecular flexibility index (Phi) is 4.92. The number of alkyl halides is 2. The smallest absolute Gasteiger partial charge is 0.262 e. The highest BCUT2D eigenvalue weighted by atomic mass is 19.3. The maximum absolute atomic E-state index is 13.1. The molecule has 2 aliphatic rings. The molecule has 1 amide bonds. The van der Waals surface area contributed by atoms with Crippen LogP contribution in [-0.4, -0.2) is 48.4 Å². The number of likely N-dealkylation sites (tertiary alicyclic amines) is 1. The van der Waals surface area contributed by atoms with E-state index in [0.717, 1.165) is 32.5 Å². The molecule has 0 aliphatic carbocycles. The van der Waals surface area contributed by atoms with Crippen LogP contribution in [0.25, 0.3) is 0 Å². The van der Waals surface area contributed by atoms with Gasteiger partial charge in [0.25, 0.3) is 5.92 Å². The highest BCUT2D eigenvalue weighted by Crippen LogP contribution is 2.25. The fraction of sp³-hybridized carbons (Fsp3) is 0.588. The summed E-state index contributed by atoms with van der Waals surface area (Å²) in [5, 5.41) is 5.53. The molecule has 2 saturated heterocycles. The zero-order valence-electron chi connectivity index (χ0n) is 13.1. The molecule has 4 nitrogen and oxygen atoms in total. The number of rotatable bonds is 4. The molecule has 2 aliphatic heterocycles. The third-order valence-electron chi connectivity index (χ3n) is 4.61. The number of hydrogen-bond donors (Lipinski definition) is 2. The Morgan fingerprint density at radius 3 is 2.57 bits per heavy atom. The Labute approximate surface area is 135 Å². The van der Waals surface area contributed by atoms with Gasteiger partial charge in [-0.3, -0.25) is 15.0 Å². The van der Waals surface area contributed by atoms with Gasteiger partial charge in [-0.2, -0.15) is 0 Å². The van der Waals surface area contributed by atoms with Crippen molar-refractivity contribution in [3.8, 4) is 0 Å². The van der Waals surface area contributed by atoms with Gasteiger partial charge in [0.2, 0.25) is 5.91 Å². The van der Waals surface area contributed by atoms with Crippen LogP contribution in [0.4, 0.5) is 8.78 Å². The first-order valence-electron chi connectivity index (χ1n) is 8.20. The number of amides is 1. The van der Waals surface area contributed by atoms with Gasteiger partial charge in [-0.05, 0) is 18.4 Å². The van der Waals surface area contributed by atoms with Gasteiger partial charge < -0.3 is 5.32 Å². The van der Waals surface area contributed by atoms with Crippen molar-refractivity contribution in [2.45, 2.75) is 43.8 Å². The molecule has 0 saturated carbocycles. The quantitative estimate of drug-likeness (QED) is 0.887. The second kappa shape index (κ2) is 6.93. The fourth-order valence-corrected chi connectivity index (χ4v) is 3.28. The second-order valence-electron chi connectivity index (χ2n) is 6.54. The maximum atomic E-state index is 13.1. The average Bonchev–Trinajstić information content (AvgIpc) is 2.90. The third-order valence-corrected chi connectivity index (χ3v) is 4.61. The molecule has 2 N–H and O–H groups in total. The molecule has 0 bridgehead atoms. The molecule has 126 valence electrons. The van der Waals surface area contributed by atoms with Crippen LogP contribution in [0, 0.1) is 0 Å². The fourth-order valence-electron chi connectivity index (χ4n) is 3.28. The van der Waals surface area contributed by atoms with Gasteiger partial charge in [0, 0.05) is 32.1 Å². The normalized spacial score (nSPS) is 25.4. The first-order chi connectivity index (χ1) is 11.0. The lowest BCUT2D eigenvalue weighted by atomic mass is 10.0. The van der Waals surface area contributed by atoms with E-state index in [9.17, 15) is 13.6 Å². The topological polar surface area (TPSA) is 44.4 Å². The van der Waals surface area contributed by atoms with E-state index in [0.29, 0.717) is 0 Å². The first kappa shape index (κ1) is 16.3. The Balaban J connectivity index is 1.42. The third kappa shape index (κ3) is 4.48. The Hall–Kier alpha value is -1.53. The summed E-state index contributed by atoms with van der Waals surface area (Å²) in [6.07, 6.45) is 1.33. The number of carbonyl (C=O) groups is 1. The molecule has 3 rings (SSSR count). The molecule has 2 fully saturated rings. The first-order valence-corrected chi connectivity index (χ1v) is 8.20. The van der Waals surface area contributed by atoms with Crippen LogP contribution in [0.5, 0.6) is 0 Å². The standard InChI is InChI=1S/C17H23F2N3O/c18-17(19)10-15(20-12-17)16(23)21-14-6-8-22(9-7-14)11-13-4-2-1-3-5-13/h1-5,14-15,20H,6-12H2,(H,21,23). The molecule has 23 heavy (non-hydrogen) atoms. The van der Waals surface area contributed by atoms with Crippen molar-refractivity contribution in [3.05, 3.63) is 35.9 Å². The van der Waals surface area contributed by atoms with Gasteiger partial charge in [0.15, 0.2) is 0 Å². The summed E-state index contributed by atoms with van der Waals surface area (Å²) in [6, 6.07) is 9.63. The number of benzene rings is 1. The van der Waals surface area contributed by atoms with Crippen LogP contribution in [0.3, 0.4) is 0 Å². The minimum atomic E-state index is -2.76. The Bertz CT molecular complexity index is 530. The molecule has 1 unspecified atom stereocenters. The molecular formula is C17H23F2N3O. The van der Waals surface area contributed by atoms with Gasteiger partial charge in [0.05, 0.1) is 12.6 Å². The van der Waals surface area contributed by atoms with Crippen LogP contribution >= 0.6 is 0 Å². The lowest BCUT2D eigenvalue weighted by Crippen LogP contribution is -2.49. The predicted molar refractivity (Wildman–Crippen MR) is 84.2 cm³/mol. The molecular weight excluding hydrogens is 300 g/mol. The van der Waals surface area contributed by atoms with Gasteiger partial charge >= 0.3 is 0 Å². The minimum absolute atomic E-state index is 0.0885. The maximum Gasteiger partial charge on any atom is 0.262 e. The van der Waals surface area contributed by atoms with E-state index in [1.165, 1.54) is 5.56 Å². The highest BCUT2D eigenvalue weighted by molar-refractivity contribution is 5.82. The lowest BCUT2D eigenvalue weighted by Gasteiger charge is -2.32. The van der Waals surface area contributed by atoms with Crippen molar-refractivity contribution in [2.75, 3.05) is 19.6 Å². The number of halogens is 2. The molecule has 1 atom stereocenters. The molecule has 0 radical (unpaired) electrons. The molecule has 2 heterocycles. The van der Waals surface area contributed by atoms with Crippen LogP contribution in [-0.2, 0) is 11.3 Å². The van der Waals surface area contributed by atoms with E-state index in [-0.39, 0.29) is 11.9 Å². The summed E-state index contributed by atoms with van der Waals surface area (Å²) >= 11 is 0. The van der Waals surface area contributed by atoms with Crippen molar-refractivity contribution >= 4 is 5.91 Å². The van der Waals surface area contributed by atoms with E-state index in [1.807, 2.05) is 18.2 Å². The summed E-state index contributed by atoms with van der Waals surface area (Å²) in [5.41, 5.74) is 1.28. The van der Waals surface area contributed by atoms with Crippen LogP contribution in [0.2, 0.25) is 0 Å². The van der Waals surface area contributed by atoms with E-state index in [4.69, 9.17) is 0 Å². The van der Waals surface area contributed by atoms with Gasteiger partial charge in [0.1, 0.15) is 0 Å². The highest BCUT2D eigenvalue weighted by Gasteiger charge is 2.42. The SMILES string of the molecule is O=C(NC1CCN(Cc2ccccc2)CC1)C1CC(F)(F)CN1. The predicted octanol–water partition coefficient (Wildman–Crippen LogP) is 1.76. The molecule has 0 spiro atoms. The molecule has 6 heteroatoms. The van der Waals surface area contributed by atoms with Crippen molar-refractivity contribution in [1.82, 2.24) is 15.5 Å². The van der Waals surface area contributed by atoms with E-state index in [2.05, 4.69) is 27.7 Å². The van der Waals surface area contributed by atoms with E-state index < -0.39 is 24.9 Å². The Morgan fingerprint density at radius 2 is 1.96 bits per heavy atom. The molecule has 1 aromatic rings. The second-order valence-corrected chi connectivity index (χ2v) is 6.54. The van der Waals surface area contributed by atoms with Crippen LogP contribution < -0.4 is 10.6 Å². The molecule has 0 aromatic heterocycles. The number of nitrogens with zero attached hydrogens (tertiary/aromatic N) is 1. The number of nitrogens with one attached hydrogen (secondary N) is 2. The summed E-state index contributed by atoms with van der Waals surface area (Å²) in [7, 11) is 0. The summed E-state index contributed by atoms with van der Waals surface area (Å²) in [6.45, 7) is 2.33. The van der Waals surface area contributed by atoms with Crippen LogP contribution in [0.15, 0.2) is 30.3 Å². The number of carbonyl (C=O) groups excluding carboxylic acids is 1. The van der Waals surface area contributed by atoms with Gasteiger partial charge in [-0.15, -0.1) is 0 Å². The molecule has 1 aromatic carbocycles. The largest absolute Gasteiger partial charge is 0.352 e. The lowest BCUT2D eigenvalue weighted by molar-refractivity contribution is -0.124. The van der Waals surface area contributed by atoms with Crippen molar-refractivity contribution in [3.63, 3.8) is 0 Å². The van der Waals surface area contributed by atoms with E-state index >= 15 is 0 Å². The van der Waals surface area contributed by atoms with Crippen molar-refractivity contribution in [2.24, 2.45) is 0 Å². The van der Waals surface area contributed by atoms with Crippen LogP contribution in [0.1, 0.15) is 24.8 Å². The summed E-state index contributed by atoms with van der Waals surface area (Å²) in [4.78, 5) is 14.4. The van der Waals surface area contributed by atoms with E-state index in [1.54, 1.807) is 0 Å². The Morgan fingerprint density at radius 1 is 1.26 bits per heavy atom. The summed E-state index contributed by atoms with van der Waals surface area (Å²) < 4.78 is 26.3. The van der Waals surface area contributed by atoms with Gasteiger partial charge in [-0.1, -0.05) is 30.3 Å². The van der Waals surface area contributed by atoms with Gasteiger partial charge in [-0.25, -0.2) is 8.78 Å². The average molecular weight is 323 g/mol. The summed E-state index contributed by atoms with van der Waals surface area (Å²) in [5.74, 6) is -3.05. The van der Waals surface area contributed by atoms with Crippen molar-refractivity contribution in [1.29, 1.82) is 0 Å². The number of piperidine rings is 1. The van der Waals surface area contributed by atoms with Crippen molar-refractivity contribution < 1.29 is 13.6 Å². The monoisotopic (exact) mass is 323 g/mol. The minimum Gasteiger partial charge on any atom is -0.352 e.